The normalized spacial score (nSPS) is 17.9. The van der Waals surface area contributed by atoms with Crippen LogP contribution in [0.4, 0.5) is 5.82 Å². The van der Waals surface area contributed by atoms with E-state index in [1.54, 1.807) is 6.20 Å². The van der Waals surface area contributed by atoms with Crippen LogP contribution in [0.15, 0.2) is 18.3 Å². The molecule has 148 valence electrons. The fourth-order valence-electron chi connectivity index (χ4n) is 4.01. The number of anilines is 1. The Kier molecular flexibility index (Phi) is 5.28. The van der Waals surface area contributed by atoms with Crippen molar-refractivity contribution in [2.24, 2.45) is 0 Å². The minimum atomic E-state index is -0.270. The first-order valence-corrected chi connectivity index (χ1v) is 9.83. The molecule has 1 aromatic heterocycles. The molecule has 1 amide bonds. The van der Waals surface area contributed by atoms with Crippen LogP contribution in [-0.4, -0.2) is 53.6 Å². The summed E-state index contributed by atoms with van der Waals surface area (Å²) in [5, 5.41) is 3.01. The third kappa shape index (κ3) is 3.86. The van der Waals surface area contributed by atoms with Gasteiger partial charge in [0.1, 0.15) is 0 Å². The molecule has 1 fully saturated rings. The number of benzene rings is 1. The molecule has 7 nitrogen and oxygen atoms in total. The minimum absolute atomic E-state index is 0.0904. The van der Waals surface area contributed by atoms with Crippen molar-refractivity contribution in [3.63, 3.8) is 0 Å². The van der Waals surface area contributed by atoms with Gasteiger partial charge in [-0.2, -0.15) is 0 Å². The number of aryl methyl sites for hydroxylation is 1. The zero-order valence-corrected chi connectivity index (χ0v) is 16.5. The van der Waals surface area contributed by atoms with Gasteiger partial charge >= 0.3 is 0 Å². The van der Waals surface area contributed by atoms with E-state index >= 15 is 0 Å². The quantitative estimate of drug-likeness (QED) is 0.844. The lowest BCUT2D eigenvalue weighted by Crippen LogP contribution is -2.39. The van der Waals surface area contributed by atoms with Gasteiger partial charge in [0.05, 0.1) is 11.9 Å². The third-order valence-corrected chi connectivity index (χ3v) is 5.62. The summed E-state index contributed by atoms with van der Waals surface area (Å²) < 4.78 is 5.34. The van der Waals surface area contributed by atoms with E-state index in [1.165, 1.54) is 16.7 Å². The van der Waals surface area contributed by atoms with Crippen molar-refractivity contribution in [2.75, 3.05) is 32.5 Å². The second kappa shape index (κ2) is 7.85. The van der Waals surface area contributed by atoms with Gasteiger partial charge in [0.25, 0.3) is 5.91 Å². The number of hydrogen-bond acceptors (Lipinski definition) is 6. The number of rotatable bonds is 3. The molecule has 3 heterocycles. The van der Waals surface area contributed by atoms with Gasteiger partial charge in [0, 0.05) is 37.9 Å². The van der Waals surface area contributed by atoms with Gasteiger partial charge in [-0.1, -0.05) is 0 Å². The molecular weight excluding hydrogens is 354 g/mol. The smallest absolute Gasteiger partial charge is 0.273 e. The number of carbonyl (C=O) groups excluding carboxylic acids is 1. The lowest BCUT2D eigenvalue weighted by molar-refractivity contribution is 0.0694. The second-order valence-corrected chi connectivity index (χ2v) is 7.77. The minimum Gasteiger partial charge on any atom is -0.382 e. The van der Waals surface area contributed by atoms with E-state index in [-0.39, 0.29) is 23.5 Å². The Bertz CT molecular complexity index is 893. The van der Waals surface area contributed by atoms with Crippen LogP contribution >= 0.6 is 0 Å². The maximum Gasteiger partial charge on any atom is 0.273 e. The molecular formula is C21H27N5O2. The number of nitrogens with one attached hydrogen (secondary N) is 1. The number of aromatic nitrogens is 2. The average molecular weight is 381 g/mol. The Morgan fingerprint density at radius 2 is 2.11 bits per heavy atom. The molecule has 0 atom stereocenters. The number of amides is 1. The van der Waals surface area contributed by atoms with Crippen LogP contribution in [0.3, 0.4) is 0 Å². The molecule has 7 heteroatoms. The molecule has 1 saturated heterocycles. The number of nitrogens with two attached hydrogens (primary N) is 1. The standard InChI is InChI=1S/C21H27N5O2/c1-13-9-14(10-15-12-26(2)6-3-17(13)15)18-11-23-20(22)19(25-18)21(27)24-16-4-7-28-8-5-16/h9-11,16H,3-8,12H2,1-2H3,(H2,22,23)(H,24,27). The number of nitrogens with zero attached hydrogens (tertiary/aromatic N) is 3. The maximum atomic E-state index is 12.7. The number of ether oxygens (including phenoxy) is 1. The number of carbonyl (C=O) groups is 1. The third-order valence-electron chi connectivity index (χ3n) is 5.62. The summed E-state index contributed by atoms with van der Waals surface area (Å²) in [7, 11) is 2.13. The fourth-order valence-corrected chi connectivity index (χ4v) is 4.01. The predicted molar refractivity (Wildman–Crippen MR) is 108 cm³/mol. The Morgan fingerprint density at radius 1 is 1.32 bits per heavy atom. The zero-order chi connectivity index (χ0) is 19.7. The first-order valence-electron chi connectivity index (χ1n) is 9.83. The van der Waals surface area contributed by atoms with E-state index < -0.39 is 0 Å². The molecule has 3 N–H and O–H groups in total. The van der Waals surface area contributed by atoms with Gasteiger partial charge in [-0.25, -0.2) is 9.97 Å². The van der Waals surface area contributed by atoms with Crippen LogP contribution in [0, 0.1) is 6.92 Å². The van der Waals surface area contributed by atoms with Gasteiger partial charge in [0.15, 0.2) is 11.5 Å². The molecule has 0 saturated carbocycles. The lowest BCUT2D eigenvalue weighted by Gasteiger charge is -2.27. The van der Waals surface area contributed by atoms with Gasteiger partial charge in [0.2, 0.25) is 0 Å². The predicted octanol–water partition coefficient (Wildman–Crippen LogP) is 1.93. The summed E-state index contributed by atoms with van der Waals surface area (Å²) in [5.41, 5.74) is 11.8. The molecule has 2 aliphatic rings. The molecule has 4 rings (SSSR count). The Balaban J connectivity index is 1.62. The van der Waals surface area contributed by atoms with E-state index in [0.717, 1.165) is 37.9 Å². The van der Waals surface area contributed by atoms with E-state index in [4.69, 9.17) is 10.5 Å². The number of likely N-dealkylation sites (N-methyl/N-ethyl adjacent to an activating group) is 1. The molecule has 2 aliphatic heterocycles. The van der Waals surface area contributed by atoms with Crippen molar-refractivity contribution in [2.45, 2.75) is 38.8 Å². The van der Waals surface area contributed by atoms with Crippen LogP contribution < -0.4 is 11.1 Å². The highest BCUT2D eigenvalue weighted by atomic mass is 16.5. The number of hydrogen-bond donors (Lipinski definition) is 2. The van der Waals surface area contributed by atoms with Crippen molar-refractivity contribution in [1.29, 1.82) is 0 Å². The Morgan fingerprint density at radius 3 is 2.89 bits per heavy atom. The molecule has 0 bridgehead atoms. The monoisotopic (exact) mass is 381 g/mol. The molecule has 0 unspecified atom stereocenters. The summed E-state index contributed by atoms with van der Waals surface area (Å²) in [4.78, 5) is 23.8. The van der Waals surface area contributed by atoms with Gasteiger partial charge in [-0.05, 0) is 62.1 Å². The largest absolute Gasteiger partial charge is 0.382 e. The van der Waals surface area contributed by atoms with Crippen LogP contribution in [0.1, 0.15) is 40.0 Å². The molecule has 2 aromatic rings. The van der Waals surface area contributed by atoms with Crippen molar-refractivity contribution in [1.82, 2.24) is 20.2 Å². The summed E-state index contributed by atoms with van der Waals surface area (Å²) >= 11 is 0. The van der Waals surface area contributed by atoms with E-state index in [1.807, 2.05) is 0 Å². The molecule has 1 aromatic carbocycles. The van der Waals surface area contributed by atoms with Gasteiger partial charge < -0.3 is 20.7 Å². The van der Waals surface area contributed by atoms with Gasteiger partial charge in [-0.15, -0.1) is 0 Å². The van der Waals surface area contributed by atoms with Crippen LogP contribution in [0.25, 0.3) is 11.3 Å². The van der Waals surface area contributed by atoms with E-state index in [9.17, 15) is 4.79 Å². The summed E-state index contributed by atoms with van der Waals surface area (Å²) in [6.45, 7) is 5.45. The maximum absolute atomic E-state index is 12.7. The summed E-state index contributed by atoms with van der Waals surface area (Å²) in [6, 6.07) is 4.38. The molecule has 0 radical (unpaired) electrons. The topological polar surface area (TPSA) is 93.4 Å². The fraction of sp³-hybridized carbons (Fsp3) is 0.476. The zero-order valence-electron chi connectivity index (χ0n) is 16.5. The number of nitrogen functional groups attached to an aromatic ring is 1. The first-order chi connectivity index (χ1) is 13.5. The van der Waals surface area contributed by atoms with E-state index in [2.05, 4.69) is 46.3 Å². The average Bonchev–Trinajstić information content (AvgIpc) is 2.68. The van der Waals surface area contributed by atoms with Crippen molar-refractivity contribution in [3.05, 3.63) is 40.7 Å². The Labute approximate surface area is 165 Å². The van der Waals surface area contributed by atoms with Crippen LogP contribution in [0.5, 0.6) is 0 Å². The SMILES string of the molecule is Cc1cc(-c2cnc(N)c(C(=O)NC3CCOCC3)n2)cc2c1CCN(C)C2. The van der Waals surface area contributed by atoms with Crippen molar-refractivity contribution < 1.29 is 9.53 Å². The lowest BCUT2D eigenvalue weighted by atomic mass is 9.92. The molecule has 0 spiro atoms. The summed E-state index contributed by atoms with van der Waals surface area (Å²) in [5.74, 6) is -0.115. The first kappa shape index (κ1) is 18.8. The molecule has 0 aliphatic carbocycles. The summed E-state index contributed by atoms with van der Waals surface area (Å²) in [6.07, 6.45) is 4.31. The highest BCUT2D eigenvalue weighted by molar-refractivity contribution is 5.97. The van der Waals surface area contributed by atoms with Gasteiger partial charge in [-0.3, -0.25) is 4.79 Å². The second-order valence-electron chi connectivity index (χ2n) is 7.77. The highest BCUT2D eigenvalue weighted by Gasteiger charge is 2.22. The van der Waals surface area contributed by atoms with E-state index in [0.29, 0.717) is 18.9 Å². The highest BCUT2D eigenvalue weighted by Crippen LogP contribution is 2.28. The van der Waals surface area contributed by atoms with Crippen LogP contribution in [0.2, 0.25) is 0 Å². The Hall–Kier alpha value is -2.51. The van der Waals surface area contributed by atoms with Crippen molar-refractivity contribution >= 4 is 11.7 Å². The number of fused-ring (bicyclic) bond motifs is 1. The van der Waals surface area contributed by atoms with Crippen LogP contribution in [-0.2, 0) is 17.7 Å². The molecule has 28 heavy (non-hydrogen) atoms. The van der Waals surface area contributed by atoms with Crippen molar-refractivity contribution in [3.8, 4) is 11.3 Å².